The molecule has 2 N–H and O–H groups in total. The van der Waals surface area contributed by atoms with Crippen LogP contribution >= 0.6 is 0 Å². The van der Waals surface area contributed by atoms with Crippen molar-refractivity contribution in [3.63, 3.8) is 0 Å². The minimum absolute atomic E-state index is 0.00000142. The maximum atomic E-state index is 13.6. The van der Waals surface area contributed by atoms with Crippen molar-refractivity contribution in [2.24, 2.45) is 0 Å². The molecule has 0 aliphatic heterocycles. The molecule has 0 aliphatic carbocycles. The van der Waals surface area contributed by atoms with Crippen LogP contribution in [0, 0.1) is 12.7 Å². The number of hydrogen-bond donors (Lipinski definition) is 2. The summed E-state index contributed by atoms with van der Waals surface area (Å²) in [6.45, 7) is 1.65. The second kappa shape index (κ2) is 5.63. The van der Waals surface area contributed by atoms with Gasteiger partial charge in [0.05, 0.1) is 12.2 Å². The Balaban J connectivity index is 2.20. The molecule has 0 fully saturated rings. The van der Waals surface area contributed by atoms with E-state index in [0.29, 0.717) is 11.3 Å². The van der Waals surface area contributed by atoms with Gasteiger partial charge >= 0.3 is 0 Å². The molecule has 0 unspecified atom stereocenters. The van der Waals surface area contributed by atoms with Gasteiger partial charge in [-0.05, 0) is 42.3 Å². The Morgan fingerprint density at radius 1 is 1.26 bits per heavy atom. The summed E-state index contributed by atoms with van der Waals surface area (Å²) in [5, 5.41) is 11.6. The fourth-order valence-electron chi connectivity index (χ4n) is 1.75. The Hall–Kier alpha value is -2.20. The van der Waals surface area contributed by atoms with Crippen LogP contribution in [0.4, 0.5) is 10.1 Å². The summed E-state index contributed by atoms with van der Waals surface area (Å²) in [6.07, 6.45) is 0. The van der Waals surface area contributed by atoms with Crippen molar-refractivity contribution in [3.8, 4) is 0 Å². The Morgan fingerprint density at radius 3 is 2.74 bits per heavy atom. The second-order valence-corrected chi connectivity index (χ2v) is 4.30. The van der Waals surface area contributed by atoms with Gasteiger partial charge in [0, 0.05) is 5.69 Å². The van der Waals surface area contributed by atoms with Crippen LogP contribution in [0.3, 0.4) is 0 Å². The zero-order valence-electron chi connectivity index (χ0n) is 10.5. The molecule has 2 rings (SSSR count). The number of nitrogens with one attached hydrogen (secondary N) is 1. The quantitative estimate of drug-likeness (QED) is 0.890. The van der Waals surface area contributed by atoms with Gasteiger partial charge in [-0.2, -0.15) is 0 Å². The number of benzene rings is 2. The Kier molecular flexibility index (Phi) is 3.92. The molecule has 0 saturated heterocycles. The predicted octanol–water partition coefficient (Wildman–Crippen LogP) is 2.88. The Bertz CT molecular complexity index is 611. The lowest BCUT2D eigenvalue weighted by Gasteiger charge is -2.07. The second-order valence-electron chi connectivity index (χ2n) is 4.30. The number of aliphatic hydroxyl groups excluding tert-OH is 1. The van der Waals surface area contributed by atoms with E-state index < -0.39 is 11.7 Å². The van der Waals surface area contributed by atoms with E-state index in [1.165, 1.54) is 12.1 Å². The van der Waals surface area contributed by atoms with Gasteiger partial charge in [-0.1, -0.05) is 18.2 Å². The lowest BCUT2D eigenvalue weighted by Crippen LogP contribution is -2.14. The number of aliphatic hydroxyl groups is 1. The summed E-state index contributed by atoms with van der Waals surface area (Å²) in [6, 6.07) is 11.2. The van der Waals surface area contributed by atoms with Gasteiger partial charge in [-0.3, -0.25) is 4.79 Å². The third-order valence-corrected chi connectivity index (χ3v) is 2.74. The van der Waals surface area contributed by atoms with Crippen LogP contribution in [0.1, 0.15) is 21.5 Å². The van der Waals surface area contributed by atoms with E-state index in [-0.39, 0.29) is 12.2 Å². The SMILES string of the molecule is Cc1ccc(C(=O)Nc2cccc(CO)c2)c(F)c1. The summed E-state index contributed by atoms with van der Waals surface area (Å²) in [7, 11) is 0. The van der Waals surface area contributed by atoms with E-state index in [9.17, 15) is 9.18 Å². The van der Waals surface area contributed by atoms with Gasteiger partial charge < -0.3 is 10.4 Å². The molecule has 0 radical (unpaired) electrons. The molecule has 0 atom stereocenters. The van der Waals surface area contributed by atoms with E-state index in [2.05, 4.69) is 5.32 Å². The molecule has 0 bridgehead atoms. The van der Waals surface area contributed by atoms with Gasteiger partial charge in [0.2, 0.25) is 0 Å². The number of aryl methyl sites for hydroxylation is 1. The summed E-state index contributed by atoms with van der Waals surface area (Å²) < 4.78 is 13.6. The van der Waals surface area contributed by atoms with E-state index >= 15 is 0 Å². The Labute approximate surface area is 110 Å². The molecule has 1 amide bonds. The van der Waals surface area contributed by atoms with Crippen LogP contribution in [-0.2, 0) is 6.61 Å². The van der Waals surface area contributed by atoms with Crippen molar-refractivity contribution in [1.29, 1.82) is 0 Å². The van der Waals surface area contributed by atoms with Gasteiger partial charge in [0.1, 0.15) is 5.82 Å². The van der Waals surface area contributed by atoms with E-state index in [1.807, 2.05) is 0 Å². The number of carbonyl (C=O) groups is 1. The zero-order valence-corrected chi connectivity index (χ0v) is 10.5. The van der Waals surface area contributed by atoms with Gasteiger partial charge in [0.15, 0.2) is 0 Å². The molecule has 0 aliphatic rings. The number of anilines is 1. The number of rotatable bonds is 3. The molecule has 19 heavy (non-hydrogen) atoms. The average Bonchev–Trinajstić information content (AvgIpc) is 2.38. The third-order valence-electron chi connectivity index (χ3n) is 2.74. The fourth-order valence-corrected chi connectivity index (χ4v) is 1.75. The Morgan fingerprint density at radius 2 is 2.05 bits per heavy atom. The van der Waals surface area contributed by atoms with Crippen molar-refractivity contribution >= 4 is 11.6 Å². The van der Waals surface area contributed by atoms with E-state index in [1.54, 1.807) is 37.3 Å². The number of carbonyl (C=O) groups excluding carboxylic acids is 1. The van der Waals surface area contributed by atoms with Crippen molar-refractivity contribution in [2.75, 3.05) is 5.32 Å². The van der Waals surface area contributed by atoms with E-state index in [0.717, 1.165) is 5.56 Å². The number of halogens is 1. The van der Waals surface area contributed by atoms with Crippen LogP contribution in [0.5, 0.6) is 0 Å². The monoisotopic (exact) mass is 259 g/mol. The van der Waals surface area contributed by atoms with Crippen LogP contribution in [0.25, 0.3) is 0 Å². The smallest absolute Gasteiger partial charge is 0.258 e. The minimum Gasteiger partial charge on any atom is -0.392 e. The minimum atomic E-state index is -0.546. The van der Waals surface area contributed by atoms with Crippen molar-refractivity contribution in [2.45, 2.75) is 13.5 Å². The largest absolute Gasteiger partial charge is 0.392 e. The first-order valence-corrected chi connectivity index (χ1v) is 5.87. The molecule has 98 valence electrons. The molecule has 3 nitrogen and oxygen atoms in total. The summed E-state index contributed by atoms with van der Waals surface area (Å²) in [4.78, 5) is 11.9. The van der Waals surface area contributed by atoms with Crippen molar-refractivity contribution < 1.29 is 14.3 Å². The molecular formula is C15H14FNO2. The standard InChI is InChI=1S/C15H14FNO2/c1-10-5-6-13(14(16)7-10)15(19)17-12-4-2-3-11(8-12)9-18/h2-8,18H,9H2,1H3,(H,17,19). The number of amides is 1. The summed E-state index contributed by atoms with van der Waals surface area (Å²) in [5.41, 5.74) is 1.97. The summed E-state index contributed by atoms with van der Waals surface area (Å²) >= 11 is 0. The first-order valence-electron chi connectivity index (χ1n) is 5.87. The molecule has 0 heterocycles. The molecule has 2 aromatic rings. The van der Waals surface area contributed by atoms with Gasteiger partial charge in [-0.25, -0.2) is 4.39 Å². The molecule has 0 aromatic heterocycles. The third kappa shape index (κ3) is 3.17. The first kappa shape index (κ1) is 13.2. The molecule has 2 aromatic carbocycles. The van der Waals surface area contributed by atoms with Crippen LogP contribution in [-0.4, -0.2) is 11.0 Å². The van der Waals surface area contributed by atoms with Crippen LogP contribution in [0.15, 0.2) is 42.5 Å². The predicted molar refractivity (Wildman–Crippen MR) is 71.5 cm³/mol. The highest BCUT2D eigenvalue weighted by molar-refractivity contribution is 6.04. The normalized spacial score (nSPS) is 10.3. The van der Waals surface area contributed by atoms with E-state index in [4.69, 9.17) is 5.11 Å². The van der Waals surface area contributed by atoms with Gasteiger partial charge in [-0.15, -0.1) is 0 Å². The van der Waals surface area contributed by atoms with Crippen LogP contribution < -0.4 is 5.32 Å². The lowest BCUT2D eigenvalue weighted by molar-refractivity contribution is 0.102. The first-order chi connectivity index (χ1) is 9.10. The van der Waals surface area contributed by atoms with Gasteiger partial charge in [0.25, 0.3) is 5.91 Å². The maximum Gasteiger partial charge on any atom is 0.258 e. The molecule has 4 heteroatoms. The topological polar surface area (TPSA) is 49.3 Å². The highest BCUT2D eigenvalue weighted by atomic mass is 19.1. The van der Waals surface area contributed by atoms with Crippen LogP contribution in [0.2, 0.25) is 0 Å². The highest BCUT2D eigenvalue weighted by Gasteiger charge is 2.11. The summed E-state index contributed by atoms with van der Waals surface area (Å²) in [5.74, 6) is -1.05. The highest BCUT2D eigenvalue weighted by Crippen LogP contribution is 2.15. The molecular weight excluding hydrogens is 245 g/mol. The molecule has 0 spiro atoms. The maximum absolute atomic E-state index is 13.6. The zero-order chi connectivity index (χ0) is 13.8. The van der Waals surface area contributed by atoms with Crippen molar-refractivity contribution in [1.82, 2.24) is 0 Å². The lowest BCUT2D eigenvalue weighted by atomic mass is 10.1. The molecule has 0 saturated carbocycles. The average molecular weight is 259 g/mol. The van der Waals surface area contributed by atoms with Crippen molar-refractivity contribution in [3.05, 3.63) is 65.0 Å². The number of hydrogen-bond acceptors (Lipinski definition) is 2. The fraction of sp³-hybridized carbons (Fsp3) is 0.133.